The molecule has 0 radical (unpaired) electrons. The van der Waals surface area contributed by atoms with Crippen LogP contribution in [0.15, 0.2) is 83.8 Å². The first-order valence-corrected chi connectivity index (χ1v) is 10.6. The molecule has 1 atom stereocenters. The maximum Gasteiger partial charge on any atom is 0.251 e. The second-order valence-corrected chi connectivity index (χ2v) is 8.54. The number of halogens is 1. The van der Waals surface area contributed by atoms with Crippen LogP contribution in [0, 0.1) is 5.82 Å². The van der Waals surface area contributed by atoms with E-state index in [-0.39, 0.29) is 22.8 Å². The summed E-state index contributed by atoms with van der Waals surface area (Å²) < 4.78 is 38.0. The fourth-order valence-corrected chi connectivity index (χ4v) is 4.18. The zero-order chi connectivity index (χ0) is 20.9. The first-order chi connectivity index (χ1) is 13.8. The van der Waals surface area contributed by atoms with E-state index in [1.54, 1.807) is 36.4 Å². The van der Waals surface area contributed by atoms with Crippen molar-refractivity contribution in [3.8, 4) is 0 Å². The van der Waals surface area contributed by atoms with Gasteiger partial charge in [0.2, 0.25) is 0 Å². The molecule has 0 heterocycles. The molecule has 0 aliphatic heterocycles. The molecule has 0 bridgehead atoms. The Morgan fingerprint density at radius 2 is 1.66 bits per heavy atom. The second-order valence-electron chi connectivity index (χ2n) is 6.55. The fourth-order valence-electron chi connectivity index (χ4n) is 2.83. The largest absolute Gasteiger partial charge is 0.387 e. The highest BCUT2D eigenvalue weighted by Crippen LogP contribution is 2.17. The van der Waals surface area contributed by atoms with Crippen molar-refractivity contribution in [3.63, 3.8) is 0 Å². The van der Waals surface area contributed by atoms with Crippen LogP contribution in [0.1, 0.15) is 27.6 Å². The Bertz CT molecular complexity index is 1080. The van der Waals surface area contributed by atoms with E-state index < -0.39 is 27.7 Å². The van der Waals surface area contributed by atoms with Gasteiger partial charge in [-0.2, -0.15) is 0 Å². The van der Waals surface area contributed by atoms with Crippen molar-refractivity contribution in [1.29, 1.82) is 0 Å². The van der Waals surface area contributed by atoms with Gasteiger partial charge in [0.05, 0.1) is 16.8 Å². The number of hydrogen-bond donors (Lipinski definition) is 2. The minimum absolute atomic E-state index is 0.0585. The summed E-state index contributed by atoms with van der Waals surface area (Å²) in [5, 5.41) is 12.7. The fraction of sp³-hybridized carbons (Fsp3) is 0.136. The molecule has 3 rings (SSSR count). The van der Waals surface area contributed by atoms with Crippen LogP contribution in [0.5, 0.6) is 0 Å². The average Bonchev–Trinajstić information content (AvgIpc) is 2.73. The SMILES string of the molecule is O=C(NCC(O)c1ccc(F)cc1)c1cccc(CS(=O)(=O)c2ccccc2)c1. The minimum Gasteiger partial charge on any atom is -0.387 e. The van der Waals surface area contributed by atoms with Crippen LogP contribution in [-0.2, 0) is 15.6 Å². The molecule has 1 amide bonds. The third kappa shape index (κ3) is 5.49. The Balaban J connectivity index is 1.65. The van der Waals surface area contributed by atoms with E-state index in [1.165, 1.54) is 42.5 Å². The number of aliphatic hydroxyl groups excluding tert-OH is 1. The van der Waals surface area contributed by atoms with Crippen LogP contribution in [0.4, 0.5) is 4.39 Å². The number of sulfone groups is 1. The van der Waals surface area contributed by atoms with Gasteiger partial charge in [-0.1, -0.05) is 42.5 Å². The van der Waals surface area contributed by atoms with E-state index in [9.17, 15) is 22.7 Å². The molecule has 3 aromatic carbocycles. The number of carbonyl (C=O) groups excluding carboxylic acids is 1. The first-order valence-electron chi connectivity index (χ1n) is 8.93. The van der Waals surface area contributed by atoms with Gasteiger partial charge in [-0.15, -0.1) is 0 Å². The van der Waals surface area contributed by atoms with Crippen molar-refractivity contribution in [2.24, 2.45) is 0 Å². The molecule has 150 valence electrons. The number of aliphatic hydroxyl groups is 1. The maximum atomic E-state index is 13.0. The summed E-state index contributed by atoms with van der Waals surface area (Å²) in [4.78, 5) is 12.6. The molecule has 2 N–H and O–H groups in total. The van der Waals surface area contributed by atoms with E-state index in [0.29, 0.717) is 11.1 Å². The lowest BCUT2D eigenvalue weighted by Gasteiger charge is -2.13. The summed E-state index contributed by atoms with van der Waals surface area (Å²) in [5.74, 6) is -1.08. The maximum absolute atomic E-state index is 13.0. The van der Waals surface area contributed by atoms with E-state index >= 15 is 0 Å². The molecule has 0 saturated carbocycles. The van der Waals surface area contributed by atoms with Gasteiger partial charge >= 0.3 is 0 Å². The lowest BCUT2D eigenvalue weighted by atomic mass is 10.1. The molecule has 5 nitrogen and oxygen atoms in total. The van der Waals surface area contributed by atoms with Crippen LogP contribution in [-0.4, -0.2) is 26.0 Å². The summed E-state index contributed by atoms with van der Waals surface area (Å²) in [7, 11) is -3.52. The summed E-state index contributed by atoms with van der Waals surface area (Å²) in [6, 6.07) is 19.8. The van der Waals surface area contributed by atoms with Gasteiger partial charge in [-0.25, -0.2) is 12.8 Å². The molecule has 1 unspecified atom stereocenters. The van der Waals surface area contributed by atoms with Gasteiger partial charge in [-0.05, 0) is 47.5 Å². The number of hydrogen-bond acceptors (Lipinski definition) is 4. The summed E-state index contributed by atoms with van der Waals surface area (Å²) in [5.41, 5.74) is 1.26. The van der Waals surface area contributed by atoms with Crippen molar-refractivity contribution in [2.45, 2.75) is 16.8 Å². The second kappa shape index (κ2) is 8.98. The summed E-state index contributed by atoms with van der Waals surface area (Å²) in [6.45, 7) is -0.0585. The van der Waals surface area contributed by atoms with Gasteiger partial charge in [0.1, 0.15) is 5.82 Å². The van der Waals surface area contributed by atoms with Crippen LogP contribution >= 0.6 is 0 Å². The smallest absolute Gasteiger partial charge is 0.251 e. The predicted molar refractivity (Wildman–Crippen MR) is 107 cm³/mol. The lowest BCUT2D eigenvalue weighted by Crippen LogP contribution is -2.28. The van der Waals surface area contributed by atoms with Crippen LogP contribution < -0.4 is 5.32 Å². The molecule has 0 spiro atoms. The Labute approximate surface area is 168 Å². The van der Waals surface area contributed by atoms with Crippen molar-refractivity contribution < 1.29 is 22.7 Å². The predicted octanol–water partition coefficient (Wildman–Crippen LogP) is 3.26. The first kappa shape index (κ1) is 20.7. The molecule has 7 heteroatoms. The number of amides is 1. The summed E-state index contributed by atoms with van der Waals surface area (Å²) >= 11 is 0. The molecular weight excluding hydrogens is 393 g/mol. The summed E-state index contributed by atoms with van der Waals surface area (Å²) in [6.07, 6.45) is -0.985. The molecule has 29 heavy (non-hydrogen) atoms. The number of benzene rings is 3. The highest BCUT2D eigenvalue weighted by molar-refractivity contribution is 7.90. The van der Waals surface area contributed by atoms with Crippen LogP contribution in [0.25, 0.3) is 0 Å². The zero-order valence-corrected chi connectivity index (χ0v) is 16.3. The van der Waals surface area contributed by atoms with Gasteiger partial charge in [-0.3, -0.25) is 4.79 Å². The average molecular weight is 413 g/mol. The zero-order valence-electron chi connectivity index (χ0n) is 15.5. The van der Waals surface area contributed by atoms with E-state index in [4.69, 9.17) is 0 Å². The highest BCUT2D eigenvalue weighted by Gasteiger charge is 2.16. The molecule has 0 saturated heterocycles. The van der Waals surface area contributed by atoms with Crippen molar-refractivity contribution >= 4 is 15.7 Å². The van der Waals surface area contributed by atoms with Gasteiger partial charge in [0, 0.05) is 12.1 Å². The topological polar surface area (TPSA) is 83.5 Å². The molecule has 0 fully saturated rings. The normalized spacial score (nSPS) is 12.3. The van der Waals surface area contributed by atoms with Gasteiger partial charge in [0.15, 0.2) is 9.84 Å². The standard InChI is InChI=1S/C22H20FNO4S/c23-19-11-9-17(10-12-19)21(25)14-24-22(26)18-6-4-5-16(13-18)15-29(27,28)20-7-2-1-3-8-20/h1-13,21,25H,14-15H2,(H,24,26). The van der Waals surface area contributed by atoms with Gasteiger partial charge < -0.3 is 10.4 Å². The van der Waals surface area contributed by atoms with Crippen LogP contribution in [0.2, 0.25) is 0 Å². The van der Waals surface area contributed by atoms with Gasteiger partial charge in [0.25, 0.3) is 5.91 Å². The third-order valence-electron chi connectivity index (χ3n) is 4.36. The lowest BCUT2D eigenvalue weighted by molar-refractivity contribution is 0.0916. The van der Waals surface area contributed by atoms with Crippen molar-refractivity contribution in [3.05, 3.63) is 101 Å². The highest BCUT2D eigenvalue weighted by atomic mass is 32.2. The monoisotopic (exact) mass is 413 g/mol. The van der Waals surface area contributed by atoms with Crippen molar-refractivity contribution in [2.75, 3.05) is 6.54 Å². The number of carbonyl (C=O) groups is 1. The molecule has 3 aromatic rings. The third-order valence-corrected chi connectivity index (χ3v) is 6.06. The number of rotatable bonds is 7. The van der Waals surface area contributed by atoms with Crippen molar-refractivity contribution in [1.82, 2.24) is 5.32 Å². The Morgan fingerprint density at radius 1 is 0.966 bits per heavy atom. The van der Waals surface area contributed by atoms with Crippen LogP contribution in [0.3, 0.4) is 0 Å². The Kier molecular flexibility index (Phi) is 6.41. The molecule has 0 aromatic heterocycles. The number of nitrogens with one attached hydrogen (secondary N) is 1. The Morgan fingerprint density at radius 3 is 2.34 bits per heavy atom. The minimum atomic E-state index is -3.52. The Hall–Kier alpha value is -3.03. The molecule has 0 aliphatic carbocycles. The van der Waals surface area contributed by atoms with E-state index in [1.807, 2.05) is 0 Å². The van der Waals surface area contributed by atoms with E-state index in [0.717, 1.165) is 0 Å². The molecular formula is C22H20FNO4S. The quantitative estimate of drug-likeness (QED) is 0.623. The molecule has 0 aliphatic rings. The van der Waals surface area contributed by atoms with E-state index in [2.05, 4.69) is 5.32 Å².